The Morgan fingerprint density at radius 3 is 2.08 bits per heavy atom. The summed E-state index contributed by atoms with van der Waals surface area (Å²) in [5, 5.41) is 3.07. The minimum Gasteiger partial charge on any atom is -0.357 e. The number of halogens is 1. The van der Waals surface area contributed by atoms with Gasteiger partial charge >= 0.3 is 0 Å². The maximum atomic E-state index is 13.9. The normalized spacial score (nSPS) is 12.2. The number of rotatable bonds is 11. The van der Waals surface area contributed by atoms with Crippen LogP contribution in [0.4, 0.5) is 5.69 Å². The van der Waals surface area contributed by atoms with Crippen molar-refractivity contribution in [3.05, 3.63) is 95.0 Å². The van der Waals surface area contributed by atoms with Crippen LogP contribution in [0.25, 0.3) is 0 Å². The maximum absolute atomic E-state index is 13.9. The van der Waals surface area contributed by atoms with Gasteiger partial charge < -0.3 is 10.2 Å². The van der Waals surface area contributed by atoms with Crippen LogP contribution in [0.3, 0.4) is 0 Å². The zero-order chi connectivity index (χ0) is 27.9. The van der Waals surface area contributed by atoms with E-state index in [2.05, 4.69) is 5.32 Å². The molecule has 0 saturated carbocycles. The lowest BCUT2D eigenvalue weighted by Crippen LogP contribution is -2.51. The van der Waals surface area contributed by atoms with Gasteiger partial charge in [0.1, 0.15) is 12.6 Å². The number of likely N-dealkylation sites (N-methyl/N-ethyl adjacent to an activating group) is 1. The van der Waals surface area contributed by atoms with Crippen LogP contribution in [0.15, 0.2) is 83.8 Å². The molecule has 1 atom stereocenters. The Labute approximate surface area is 230 Å². The molecular formula is C29H34ClN3O4S. The molecule has 3 rings (SSSR count). The smallest absolute Gasteiger partial charge is 0.264 e. The first-order chi connectivity index (χ1) is 18.1. The number of sulfonamides is 1. The summed E-state index contributed by atoms with van der Waals surface area (Å²) in [6.07, 6.45) is 0.338. The van der Waals surface area contributed by atoms with Crippen molar-refractivity contribution in [2.75, 3.05) is 17.9 Å². The Morgan fingerprint density at radius 1 is 0.921 bits per heavy atom. The van der Waals surface area contributed by atoms with Gasteiger partial charge in [0.2, 0.25) is 11.8 Å². The van der Waals surface area contributed by atoms with Gasteiger partial charge in [-0.15, -0.1) is 0 Å². The Hall–Kier alpha value is -3.36. The number of nitrogens with one attached hydrogen (secondary N) is 1. The number of carbonyl (C=O) groups excluding carboxylic acids is 2. The highest BCUT2D eigenvalue weighted by molar-refractivity contribution is 7.92. The molecule has 0 radical (unpaired) electrons. The topological polar surface area (TPSA) is 86.8 Å². The van der Waals surface area contributed by atoms with Gasteiger partial charge in [-0.1, -0.05) is 80.9 Å². The number of carbonyl (C=O) groups is 2. The molecule has 7 nitrogen and oxygen atoms in total. The third kappa shape index (κ3) is 6.74. The van der Waals surface area contributed by atoms with Crippen LogP contribution in [0, 0.1) is 0 Å². The summed E-state index contributed by atoms with van der Waals surface area (Å²) in [7, 11) is -2.59. The van der Waals surface area contributed by atoms with Crippen LogP contribution >= 0.6 is 11.6 Å². The lowest BCUT2D eigenvalue weighted by molar-refractivity contribution is -0.140. The summed E-state index contributed by atoms with van der Waals surface area (Å²) in [4.78, 5) is 28.1. The first-order valence-corrected chi connectivity index (χ1v) is 14.3. The van der Waals surface area contributed by atoms with E-state index >= 15 is 0 Å². The molecule has 9 heteroatoms. The fourth-order valence-electron chi connectivity index (χ4n) is 4.17. The van der Waals surface area contributed by atoms with E-state index in [0.717, 1.165) is 9.87 Å². The van der Waals surface area contributed by atoms with E-state index in [4.69, 9.17) is 11.6 Å². The van der Waals surface area contributed by atoms with Crippen LogP contribution in [0.1, 0.15) is 44.2 Å². The fraction of sp³-hybridized carbons (Fsp3) is 0.310. The Morgan fingerprint density at radius 2 is 1.53 bits per heavy atom. The van der Waals surface area contributed by atoms with Gasteiger partial charge in [0.25, 0.3) is 10.0 Å². The Balaban J connectivity index is 2.07. The minimum atomic E-state index is -4.10. The zero-order valence-electron chi connectivity index (χ0n) is 22.1. The number of amides is 2. The molecule has 0 heterocycles. The molecule has 0 aromatic heterocycles. The van der Waals surface area contributed by atoms with Gasteiger partial charge in [-0.25, -0.2) is 8.42 Å². The zero-order valence-corrected chi connectivity index (χ0v) is 23.7. The number of hydrogen-bond donors (Lipinski definition) is 1. The van der Waals surface area contributed by atoms with E-state index in [-0.39, 0.29) is 23.3 Å². The molecule has 1 N–H and O–H groups in total. The molecule has 0 fully saturated rings. The summed E-state index contributed by atoms with van der Waals surface area (Å²) in [6.45, 7) is 5.46. The van der Waals surface area contributed by atoms with Gasteiger partial charge in [-0.2, -0.15) is 0 Å². The third-order valence-electron chi connectivity index (χ3n) is 6.39. The molecule has 0 unspecified atom stereocenters. The average Bonchev–Trinajstić information content (AvgIpc) is 2.92. The molecule has 38 heavy (non-hydrogen) atoms. The van der Waals surface area contributed by atoms with Crippen LogP contribution in [0.5, 0.6) is 0 Å². The molecule has 0 spiro atoms. The molecule has 0 bridgehead atoms. The molecule has 0 aliphatic heterocycles. The van der Waals surface area contributed by atoms with Crippen LogP contribution in [-0.2, 0) is 26.2 Å². The molecule has 2 amide bonds. The highest BCUT2D eigenvalue weighted by Crippen LogP contribution is 2.27. The van der Waals surface area contributed by atoms with Crippen molar-refractivity contribution in [1.29, 1.82) is 0 Å². The predicted molar refractivity (Wildman–Crippen MR) is 152 cm³/mol. The SMILES string of the molecule is CC[C@@H](C(=O)NC)N(Cc1ccccc1Cl)C(=O)CN(c1ccc(C(C)C)cc1)S(=O)(=O)c1ccccc1. The second-order valence-electron chi connectivity index (χ2n) is 9.22. The van der Waals surface area contributed by atoms with Gasteiger partial charge in [0.05, 0.1) is 10.6 Å². The number of anilines is 1. The number of benzene rings is 3. The van der Waals surface area contributed by atoms with Crippen LogP contribution in [0.2, 0.25) is 5.02 Å². The van der Waals surface area contributed by atoms with Gasteiger partial charge in [-0.3, -0.25) is 13.9 Å². The van der Waals surface area contributed by atoms with Gasteiger partial charge in [-0.05, 0) is 53.8 Å². The summed E-state index contributed by atoms with van der Waals surface area (Å²) in [5.41, 5.74) is 2.06. The van der Waals surface area contributed by atoms with Crippen molar-refractivity contribution in [2.45, 2.75) is 50.6 Å². The van der Waals surface area contributed by atoms with Crippen molar-refractivity contribution in [2.24, 2.45) is 0 Å². The standard InChI is InChI=1S/C29H34ClN3O4S/c1-5-27(29(35)31-4)32(19-23-11-9-10-14-26(23)30)28(34)20-33(24-17-15-22(16-18-24)21(2)3)38(36,37)25-12-7-6-8-13-25/h6-18,21,27H,5,19-20H2,1-4H3,(H,31,35)/t27-/m0/s1. The van der Waals surface area contributed by atoms with E-state index in [9.17, 15) is 18.0 Å². The van der Waals surface area contributed by atoms with E-state index in [1.807, 2.05) is 26.0 Å². The van der Waals surface area contributed by atoms with Gasteiger partial charge in [0, 0.05) is 18.6 Å². The highest BCUT2D eigenvalue weighted by Gasteiger charge is 2.33. The van der Waals surface area contributed by atoms with E-state index < -0.39 is 28.5 Å². The average molecular weight is 556 g/mol. The van der Waals surface area contributed by atoms with Crippen LogP contribution in [-0.4, -0.2) is 44.8 Å². The molecule has 0 saturated heterocycles. The second-order valence-corrected chi connectivity index (χ2v) is 11.5. The van der Waals surface area contributed by atoms with Crippen molar-refractivity contribution in [3.8, 4) is 0 Å². The van der Waals surface area contributed by atoms with Crippen molar-refractivity contribution in [3.63, 3.8) is 0 Å². The molecule has 202 valence electrons. The number of hydrogen-bond acceptors (Lipinski definition) is 4. The largest absolute Gasteiger partial charge is 0.357 e. The third-order valence-corrected chi connectivity index (χ3v) is 8.55. The maximum Gasteiger partial charge on any atom is 0.264 e. The highest BCUT2D eigenvalue weighted by atomic mass is 35.5. The van der Waals surface area contributed by atoms with Crippen LogP contribution < -0.4 is 9.62 Å². The summed E-state index contributed by atoms with van der Waals surface area (Å²) < 4.78 is 28.7. The molecular weight excluding hydrogens is 522 g/mol. The van der Waals surface area contributed by atoms with Crippen molar-refractivity contribution in [1.82, 2.24) is 10.2 Å². The summed E-state index contributed by atoms with van der Waals surface area (Å²) in [5.74, 6) is -0.603. The Bertz CT molecular complexity index is 1350. The predicted octanol–water partition coefficient (Wildman–Crippen LogP) is 5.21. The molecule has 0 aliphatic carbocycles. The molecule has 3 aromatic rings. The quantitative estimate of drug-likeness (QED) is 0.352. The first-order valence-electron chi connectivity index (χ1n) is 12.5. The minimum absolute atomic E-state index is 0.0515. The molecule has 0 aliphatic rings. The lowest BCUT2D eigenvalue weighted by atomic mass is 10.0. The summed E-state index contributed by atoms with van der Waals surface area (Å²) in [6, 6.07) is 21.4. The van der Waals surface area contributed by atoms with E-state index in [0.29, 0.717) is 22.7 Å². The monoisotopic (exact) mass is 555 g/mol. The second kappa shape index (κ2) is 12.9. The lowest BCUT2D eigenvalue weighted by Gasteiger charge is -2.33. The molecule has 3 aromatic carbocycles. The van der Waals surface area contributed by atoms with E-state index in [1.54, 1.807) is 61.5 Å². The van der Waals surface area contributed by atoms with Crippen molar-refractivity contribution >= 4 is 39.1 Å². The fourth-order valence-corrected chi connectivity index (χ4v) is 5.80. The van der Waals surface area contributed by atoms with Crippen molar-refractivity contribution < 1.29 is 18.0 Å². The summed E-state index contributed by atoms with van der Waals surface area (Å²) >= 11 is 6.38. The van der Waals surface area contributed by atoms with Gasteiger partial charge in [0.15, 0.2) is 0 Å². The van der Waals surface area contributed by atoms with E-state index in [1.165, 1.54) is 24.1 Å². The first kappa shape index (κ1) is 29.2. The number of nitrogens with zero attached hydrogens (tertiary/aromatic N) is 2. The Kier molecular flexibility index (Phi) is 9.94.